The molecule has 0 saturated heterocycles. The summed E-state index contributed by atoms with van der Waals surface area (Å²) in [5.41, 5.74) is 0.404. The van der Waals surface area contributed by atoms with Gasteiger partial charge >= 0.3 is 5.97 Å². The second kappa shape index (κ2) is 10.5. The van der Waals surface area contributed by atoms with Gasteiger partial charge in [0, 0.05) is 19.8 Å². The van der Waals surface area contributed by atoms with Gasteiger partial charge in [-0.15, -0.1) is 0 Å². The van der Waals surface area contributed by atoms with Crippen LogP contribution in [0, 0.1) is 0 Å². The first-order chi connectivity index (χ1) is 15.7. The number of para-hydroxylation sites is 1. The molecule has 0 aliphatic rings. The molecule has 0 unspecified atom stereocenters. The minimum Gasteiger partial charge on any atom is -0.457 e. The van der Waals surface area contributed by atoms with Crippen LogP contribution in [-0.4, -0.2) is 45.3 Å². The van der Waals surface area contributed by atoms with Gasteiger partial charge < -0.3 is 14.8 Å². The van der Waals surface area contributed by atoms with E-state index < -0.39 is 28.5 Å². The van der Waals surface area contributed by atoms with Gasteiger partial charge in [-0.25, -0.2) is 17.5 Å². The molecular formula is C23H21ClN2O6S. The number of benzene rings is 3. The number of hydrogen-bond acceptors (Lipinski definition) is 6. The van der Waals surface area contributed by atoms with E-state index in [4.69, 9.17) is 21.1 Å². The van der Waals surface area contributed by atoms with Crippen molar-refractivity contribution in [3.8, 4) is 11.5 Å². The van der Waals surface area contributed by atoms with Gasteiger partial charge in [0.15, 0.2) is 6.61 Å². The molecule has 0 aliphatic carbocycles. The number of nitrogens with zero attached hydrogens (tertiary/aromatic N) is 1. The maximum atomic E-state index is 12.4. The van der Waals surface area contributed by atoms with E-state index in [2.05, 4.69) is 5.32 Å². The molecule has 0 atom stereocenters. The molecule has 0 radical (unpaired) electrons. The number of anilines is 1. The van der Waals surface area contributed by atoms with Crippen molar-refractivity contribution in [2.45, 2.75) is 4.90 Å². The van der Waals surface area contributed by atoms with Gasteiger partial charge in [0.05, 0.1) is 10.6 Å². The van der Waals surface area contributed by atoms with Gasteiger partial charge in [-0.05, 0) is 48.5 Å². The maximum Gasteiger partial charge on any atom is 0.338 e. The van der Waals surface area contributed by atoms with Crippen molar-refractivity contribution in [2.24, 2.45) is 0 Å². The SMILES string of the molecule is CN(C)S(=O)(=O)c1cc(NC(=O)COC(=O)c2cccc(Oc3ccccc3)c2)ccc1Cl. The Labute approximate surface area is 196 Å². The standard InChI is InChI=1S/C23H21ClN2O6S/c1-26(2)33(29,30)21-14-17(11-12-20(21)24)25-22(27)15-31-23(28)16-7-6-10-19(13-16)32-18-8-4-3-5-9-18/h3-14H,15H2,1-2H3,(H,25,27). The van der Waals surface area contributed by atoms with Gasteiger partial charge in [-0.1, -0.05) is 35.9 Å². The van der Waals surface area contributed by atoms with Crippen LogP contribution in [0.4, 0.5) is 5.69 Å². The van der Waals surface area contributed by atoms with Crippen molar-refractivity contribution in [1.29, 1.82) is 0 Å². The summed E-state index contributed by atoms with van der Waals surface area (Å²) >= 11 is 6.00. The van der Waals surface area contributed by atoms with Crippen LogP contribution in [0.1, 0.15) is 10.4 Å². The number of amides is 1. The fraction of sp³-hybridized carbons (Fsp3) is 0.130. The Morgan fingerprint density at radius 2 is 1.64 bits per heavy atom. The highest BCUT2D eigenvalue weighted by Gasteiger charge is 2.21. The zero-order valence-electron chi connectivity index (χ0n) is 17.8. The number of ether oxygens (including phenoxy) is 2. The van der Waals surface area contributed by atoms with Crippen LogP contribution in [-0.2, 0) is 19.6 Å². The third-order valence-electron chi connectivity index (χ3n) is 4.36. The summed E-state index contributed by atoms with van der Waals surface area (Å²) in [5.74, 6) is -0.303. The molecule has 1 amide bonds. The Morgan fingerprint density at radius 1 is 0.939 bits per heavy atom. The van der Waals surface area contributed by atoms with Gasteiger partial charge in [0.2, 0.25) is 10.0 Å². The molecule has 172 valence electrons. The number of hydrogen-bond donors (Lipinski definition) is 1. The Morgan fingerprint density at radius 3 is 2.33 bits per heavy atom. The van der Waals surface area contributed by atoms with Crippen LogP contribution in [0.2, 0.25) is 5.02 Å². The Kier molecular flexibility index (Phi) is 7.70. The molecule has 1 N–H and O–H groups in total. The molecule has 3 rings (SSSR count). The van der Waals surface area contributed by atoms with Gasteiger partial charge in [0.1, 0.15) is 16.4 Å². The van der Waals surface area contributed by atoms with E-state index in [1.54, 1.807) is 24.3 Å². The molecule has 0 spiro atoms. The number of carbonyl (C=O) groups is 2. The van der Waals surface area contributed by atoms with Crippen LogP contribution >= 0.6 is 11.6 Å². The van der Waals surface area contributed by atoms with Crippen LogP contribution in [0.3, 0.4) is 0 Å². The van der Waals surface area contributed by atoms with E-state index in [9.17, 15) is 18.0 Å². The second-order valence-corrected chi connectivity index (χ2v) is 9.53. The summed E-state index contributed by atoms with van der Waals surface area (Å²) in [7, 11) is -1.06. The minimum atomic E-state index is -3.80. The predicted octanol–water partition coefficient (Wildman–Crippen LogP) is 4.18. The van der Waals surface area contributed by atoms with E-state index in [0.29, 0.717) is 11.5 Å². The summed E-state index contributed by atoms with van der Waals surface area (Å²) in [6.45, 7) is -0.568. The molecular weight excluding hydrogens is 468 g/mol. The first-order valence-corrected chi connectivity index (χ1v) is 11.5. The highest BCUT2D eigenvalue weighted by atomic mass is 35.5. The van der Waals surface area contributed by atoms with E-state index in [-0.39, 0.29) is 21.2 Å². The van der Waals surface area contributed by atoms with E-state index in [0.717, 1.165) is 4.31 Å². The summed E-state index contributed by atoms with van der Waals surface area (Å²) in [6.07, 6.45) is 0. The topological polar surface area (TPSA) is 102 Å². The molecule has 3 aromatic rings. The minimum absolute atomic E-state index is 0.0192. The van der Waals surface area contributed by atoms with Crippen molar-refractivity contribution in [3.63, 3.8) is 0 Å². The smallest absolute Gasteiger partial charge is 0.338 e. The molecule has 33 heavy (non-hydrogen) atoms. The first kappa shape index (κ1) is 24.2. The summed E-state index contributed by atoms with van der Waals surface area (Å²) < 4.78 is 36.5. The molecule has 3 aromatic carbocycles. The summed E-state index contributed by atoms with van der Waals surface area (Å²) in [5, 5.41) is 2.51. The van der Waals surface area contributed by atoms with Crippen molar-refractivity contribution >= 4 is 39.2 Å². The quantitative estimate of drug-likeness (QED) is 0.477. The zero-order valence-corrected chi connectivity index (χ0v) is 19.4. The largest absolute Gasteiger partial charge is 0.457 e. The number of halogens is 1. The van der Waals surface area contributed by atoms with Gasteiger partial charge in [0.25, 0.3) is 5.91 Å². The lowest BCUT2D eigenvalue weighted by Gasteiger charge is -2.14. The van der Waals surface area contributed by atoms with Crippen molar-refractivity contribution in [1.82, 2.24) is 4.31 Å². The number of esters is 1. The van der Waals surface area contributed by atoms with Gasteiger partial charge in [-0.2, -0.15) is 0 Å². The maximum absolute atomic E-state index is 12.4. The first-order valence-electron chi connectivity index (χ1n) is 9.69. The van der Waals surface area contributed by atoms with Crippen molar-refractivity contribution < 1.29 is 27.5 Å². The average Bonchev–Trinajstić information content (AvgIpc) is 2.79. The molecule has 8 nitrogen and oxygen atoms in total. The van der Waals surface area contributed by atoms with E-state index in [1.165, 1.54) is 44.4 Å². The second-order valence-electron chi connectivity index (χ2n) is 7.00. The predicted molar refractivity (Wildman–Crippen MR) is 124 cm³/mol. The third kappa shape index (κ3) is 6.32. The van der Waals surface area contributed by atoms with Crippen LogP contribution < -0.4 is 10.1 Å². The summed E-state index contributed by atoms with van der Waals surface area (Å²) in [4.78, 5) is 24.4. The molecule has 0 aromatic heterocycles. The lowest BCUT2D eigenvalue weighted by atomic mass is 10.2. The van der Waals surface area contributed by atoms with Crippen LogP contribution in [0.25, 0.3) is 0 Å². The fourth-order valence-corrected chi connectivity index (χ4v) is 4.09. The number of sulfonamides is 1. The Hall–Kier alpha value is -3.40. The number of rotatable bonds is 8. The lowest BCUT2D eigenvalue weighted by molar-refractivity contribution is -0.119. The highest BCUT2D eigenvalue weighted by molar-refractivity contribution is 7.89. The van der Waals surface area contributed by atoms with Crippen LogP contribution in [0.5, 0.6) is 11.5 Å². The van der Waals surface area contributed by atoms with Crippen molar-refractivity contribution in [3.05, 3.63) is 83.4 Å². The average molecular weight is 489 g/mol. The Bertz CT molecular complexity index is 1260. The molecule has 0 fully saturated rings. The lowest BCUT2D eigenvalue weighted by Crippen LogP contribution is -2.23. The molecule has 0 saturated carbocycles. The normalized spacial score (nSPS) is 11.2. The molecule has 10 heteroatoms. The summed E-state index contributed by atoms with van der Waals surface area (Å²) in [6, 6.07) is 19.5. The van der Waals surface area contributed by atoms with E-state index >= 15 is 0 Å². The Balaban J connectivity index is 1.61. The molecule has 0 heterocycles. The fourth-order valence-electron chi connectivity index (χ4n) is 2.70. The van der Waals surface area contributed by atoms with Gasteiger partial charge in [-0.3, -0.25) is 4.79 Å². The number of carbonyl (C=O) groups excluding carboxylic acids is 2. The zero-order chi connectivity index (χ0) is 24.0. The molecule has 0 aliphatic heterocycles. The monoisotopic (exact) mass is 488 g/mol. The number of nitrogens with one attached hydrogen (secondary N) is 1. The van der Waals surface area contributed by atoms with E-state index in [1.807, 2.05) is 18.2 Å². The van der Waals surface area contributed by atoms with Crippen molar-refractivity contribution in [2.75, 3.05) is 26.0 Å². The molecule has 0 bridgehead atoms. The third-order valence-corrected chi connectivity index (χ3v) is 6.65. The van der Waals surface area contributed by atoms with Crippen LogP contribution in [0.15, 0.2) is 77.7 Å². The highest BCUT2D eigenvalue weighted by Crippen LogP contribution is 2.27.